The highest BCUT2D eigenvalue weighted by Crippen LogP contribution is 2.19. The van der Waals surface area contributed by atoms with Crippen LogP contribution in [0.4, 0.5) is 13.2 Å². The van der Waals surface area contributed by atoms with Gasteiger partial charge in [-0.25, -0.2) is 0 Å². The summed E-state index contributed by atoms with van der Waals surface area (Å²) in [6.45, 7) is 3.04. The third-order valence-electron chi connectivity index (χ3n) is 1.54. The molecule has 0 aliphatic carbocycles. The van der Waals surface area contributed by atoms with Crippen molar-refractivity contribution in [2.45, 2.75) is 26.4 Å². The summed E-state index contributed by atoms with van der Waals surface area (Å²) in [5.41, 5.74) is -0.643. The molecule has 6 heteroatoms. The van der Waals surface area contributed by atoms with Gasteiger partial charge in [0.2, 0.25) is 0 Å². The van der Waals surface area contributed by atoms with Gasteiger partial charge in [-0.05, 0) is 5.41 Å². The van der Waals surface area contributed by atoms with Crippen molar-refractivity contribution in [1.82, 2.24) is 5.32 Å². The Bertz CT molecular complexity index is 252. The van der Waals surface area contributed by atoms with Gasteiger partial charge in [-0.15, -0.1) is 0 Å². The second-order valence-corrected chi connectivity index (χ2v) is 3.68. The van der Waals surface area contributed by atoms with Crippen LogP contribution in [0, 0.1) is 16.7 Å². The number of nitrogens with one attached hydrogen (secondary N) is 1. The molecule has 0 aliphatic rings. The van der Waals surface area contributed by atoms with Crippen molar-refractivity contribution in [3.63, 3.8) is 0 Å². The van der Waals surface area contributed by atoms with E-state index < -0.39 is 17.5 Å². The Morgan fingerprint density at radius 3 is 2.29 bits per heavy atom. The zero-order chi connectivity index (χ0) is 11.4. The highest BCUT2D eigenvalue weighted by molar-refractivity contribution is 5.81. The molecule has 1 N–H and O–H groups in total. The Labute approximate surface area is 79.9 Å². The molecule has 0 aliphatic heterocycles. The molecule has 0 heterocycles. The molecule has 0 atom stereocenters. The summed E-state index contributed by atoms with van der Waals surface area (Å²) in [4.78, 5) is 10.4. The van der Waals surface area contributed by atoms with Gasteiger partial charge in [0.1, 0.15) is 0 Å². The lowest BCUT2D eigenvalue weighted by molar-refractivity contribution is -0.174. The van der Waals surface area contributed by atoms with E-state index >= 15 is 0 Å². The van der Waals surface area contributed by atoms with Gasteiger partial charge in [0, 0.05) is 13.0 Å². The average Bonchev–Trinajstić information content (AvgIpc) is 1.98. The number of rotatable bonds is 3. The van der Waals surface area contributed by atoms with Crippen LogP contribution < -0.4 is 5.32 Å². The Morgan fingerprint density at radius 2 is 1.93 bits per heavy atom. The Kier molecular flexibility index (Phi) is 3.93. The lowest BCUT2D eigenvalue weighted by atomic mass is 9.90. The van der Waals surface area contributed by atoms with Crippen LogP contribution in [0.15, 0.2) is 0 Å². The van der Waals surface area contributed by atoms with Gasteiger partial charge < -0.3 is 5.32 Å². The molecular weight excluding hydrogens is 197 g/mol. The number of hydrogen-bond acceptors (Lipinski definition) is 2. The maximum absolute atomic E-state index is 11.7. The molecular formula is C8H11F3N2O. The van der Waals surface area contributed by atoms with E-state index in [1.165, 1.54) is 0 Å². The fourth-order valence-electron chi connectivity index (χ4n) is 0.696. The fourth-order valence-corrected chi connectivity index (χ4v) is 0.696. The fraction of sp³-hybridized carbons (Fsp3) is 0.750. The number of nitrogens with zero attached hydrogens (tertiary/aromatic N) is 1. The van der Waals surface area contributed by atoms with Crippen molar-refractivity contribution >= 4 is 5.91 Å². The second-order valence-electron chi connectivity index (χ2n) is 3.68. The number of halogens is 3. The van der Waals surface area contributed by atoms with Crippen molar-refractivity contribution in [3.8, 4) is 6.07 Å². The molecule has 0 bridgehead atoms. The molecule has 0 radical (unpaired) electrons. The Balaban J connectivity index is 4.08. The first-order valence-electron chi connectivity index (χ1n) is 3.91. The second kappa shape index (κ2) is 4.31. The van der Waals surface area contributed by atoms with Crippen LogP contribution in [0.3, 0.4) is 0 Å². The quantitative estimate of drug-likeness (QED) is 0.765. The minimum Gasteiger partial charge on any atom is -0.348 e. The predicted molar refractivity (Wildman–Crippen MR) is 43.1 cm³/mol. The molecule has 0 fully saturated rings. The number of carbonyl (C=O) groups is 1. The molecule has 0 saturated carbocycles. The van der Waals surface area contributed by atoms with E-state index in [0.29, 0.717) is 0 Å². The van der Waals surface area contributed by atoms with Gasteiger partial charge in [0.05, 0.1) is 6.07 Å². The molecule has 0 aromatic rings. The molecule has 3 nitrogen and oxygen atoms in total. The number of hydrogen-bond donors (Lipinski definition) is 1. The SMILES string of the molecule is CC(C)(CC#N)CNC(=O)C(F)(F)F. The summed E-state index contributed by atoms with van der Waals surface area (Å²) in [7, 11) is 0. The van der Waals surface area contributed by atoms with E-state index in [0.717, 1.165) is 0 Å². The van der Waals surface area contributed by atoms with Gasteiger partial charge >= 0.3 is 12.1 Å². The van der Waals surface area contributed by atoms with Crippen molar-refractivity contribution < 1.29 is 18.0 Å². The maximum Gasteiger partial charge on any atom is 0.471 e. The Morgan fingerprint density at radius 1 is 1.43 bits per heavy atom. The molecule has 0 spiro atoms. The number of amides is 1. The molecule has 0 unspecified atom stereocenters. The van der Waals surface area contributed by atoms with E-state index in [4.69, 9.17) is 5.26 Å². The average molecular weight is 208 g/mol. The third kappa shape index (κ3) is 4.70. The number of carbonyl (C=O) groups excluding carboxylic acids is 1. The first-order chi connectivity index (χ1) is 6.19. The summed E-state index contributed by atoms with van der Waals surface area (Å²) >= 11 is 0. The van der Waals surface area contributed by atoms with Crippen LogP contribution in [0.2, 0.25) is 0 Å². The standard InChI is InChI=1S/C8H11F3N2O/c1-7(2,3-4-12)5-13-6(14)8(9,10)11/h3,5H2,1-2H3,(H,13,14). The largest absolute Gasteiger partial charge is 0.471 e. The van der Waals surface area contributed by atoms with Crippen LogP contribution in [0.5, 0.6) is 0 Å². The van der Waals surface area contributed by atoms with Gasteiger partial charge in [0.15, 0.2) is 0 Å². The van der Waals surface area contributed by atoms with E-state index in [1.807, 2.05) is 6.07 Å². The molecule has 1 amide bonds. The normalized spacial score (nSPS) is 12.0. The molecule has 80 valence electrons. The summed E-state index contributed by atoms with van der Waals surface area (Å²) in [5.74, 6) is -1.97. The van der Waals surface area contributed by atoms with Crippen molar-refractivity contribution in [3.05, 3.63) is 0 Å². The monoisotopic (exact) mass is 208 g/mol. The molecule has 14 heavy (non-hydrogen) atoms. The van der Waals surface area contributed by atoms with Crippen LogP contribution in [0.1, 0.15) is 20.3 Å². The maximum atomic E-state index is 11.7. The molecule has 0 aromatic carbocycles. The highest BCUT2D eigenvalue weighted by atomic mass is 19.4. The first kappa shape index (κ1) is 12.8. The minimum absolute atomic E-state index is 0.0884. The predicted octanol–water partition coefficient (Wildman–Crippen LogP) is 1.60. The number of alkyl halides is 3. The van der Waals surface area contributed by atoms with Crippen molar-refractivity contribution in [2.75, 3.05) is 6.54 Å². The lowest BCUT2D eigenvalue weighted by Crippen LogP contribution is -2.41. The lowest BCUT2D eigenvalue weighted by Gasteiger charge is -2.21. The summed E-state index contributed by atoms with van der Waals surface area (Å²) < 4.78 is 35.2. The summed E-state index contributed by atoms with van der Waals surface area (Å²) in [6.07, 6.45) is -4.77. The topological polar surface area (TPSA) is 52.9 Å². The van der Waals surface area contributed by atoms with Gasteiger partial charge in [-0.2, -0.15) is 18.4 Å². The van der Waals surface area contributed by atoms with Gasteiger partial charge in [-0.3, -0.25) is 4.79 Å². The van der Waals surface area contributed by atoms with E-state index in [9.17, 15) is 18.0 Å². The Hall–Kier alpha value is -1.25. The minimum atomic E-state index is -4.86. The summed E-state index contributed by atoms with van der Waals surface area (Å²) in [5, 5.41) is 10.1. The third-order valence-corrected chi connectivity index (χ3v) is 1.54. The molecule has 0 rings (SSSR count). The first-order valence-corrected chi connectivity index (χ1v) is 3.91. The van der Waals surface area contributed by atoms with E-state index in [1.54, 1.807) is 19.2 Å². The van der Waals surface area contributed by atoms with E-state index in [-0.39, 0.29) is 13.0 Å². The van der Waals surface area contributed by atoms with Gasteiger partial charge in [-0.1, -0.05) is 13.8 Å². The van der Waals surface area contributed by atoms with E-state index in [2.05, 4.69) is 0 Å². The van der Waals surface area contributed by atoms with Gasteiger partial charge in [0.25, 0.3) is 0 Å². The van der Waals surface area contributed by atoms with Crippen LogP contribution >= 0.6 is 0 Å². The van der Waals surface area contributed by atoms with Crippen molar-refractivity contribution in [2.24, 2.45) is 5.41 Å². The van der Waals surface area contributed by atoms with Crippen LogP contribution in [0.25, 0.3) is 0 Å². The molecule has 0 saturated heterocycles. The van der Waals surface area contributed by atoms with Crippen LogP contribution in [-0.4, -0.2) is 18.6 Å². The van der Waals surface area contributed by atoms with Crippen LogP contribution in [-0.2, 0) is 4.79 Å². The summed E-state index contributed by atoms with van der Waals surface area (Å²) in [6, 6.07) is 1.84. The van der Waals surface area contributed by atoms with Crippen molar-refractivity contribution in [1.29, 1.82) is 5.26 Å². The number of nitriles is 1. The smallest absolute Gasteiger partial charge is 0.348 e. The zero-order valence-electron chi connectivity index (χ0n) is 7.90. The highest BCUT2D eigenvalue weighted by Gasteiger charge is 2.39. The molecule has 0 aromatic heterocycles. The zero-order valence-corrected chi connectivity index (χ0v) is 7.90.